The van der Waals surface area contributed by atoms with Crippen molar-refractivity contribution >= 4 is 11.3 Å². The maximum Gasteiger partial charge on any atom is 0.119 e. The monoisotopic (exact) mass is 290 g/mol. The fraction of sp³-hybridized carbons (Fsp3) is 0.438. The van der Waals surface area contributed by atoms with Crippen molar-refractivity contribution < 1.29 is 4.74 Å². The van der Waals surface area contributed by atoms with E-state index in [0.717, 1.165) is 17.2 Å². The van der Waals surface area contributed by atoms with Crippen LogP contribution in [-0.2, 0) is 17.9 Å². The highest BCUT2D eigenvalue weighted by Gasteiger charge is 2.15. The Hall–Kier alpha value is -1.23. The highest BCUT2D eigenvalue weighted by Crippen LogP contribution is 2.30. The van der Waals surface area contributed by atoms with Gasteiger partial charge in [-0.05, 0) is 26.3 Å². The third-order valence-electron chi connectivity index (χ3n) is 2.83. The van der Waals surface area contributed by atoms with Crippen molar-refractivity contribution in [1.82, 2.24) is 10.3 Å². The van der Waals surface area contributed by atoms with E-state index in [4.69, 9.17) is 9.72 Å². The summed E-state index contributed by atoms with van der Waals surface area (Å²) in [7, 11) is 1.71. The summed E-state index contributed by atoms with van der Waals surface area (Å²) in [4.78, 5) is 5.94. The van der Waals surface area contributed by atoms with Gasteiger partial charge in [-0.15, -0.1) is 11.3 Å². The maximum absolute atomic E-state index is 5.21. The fourth-order valence-corrected chi connectivity index (χ4v) is 2.93. The van der Waals surface area contributed by atoms with Crippen LogP contribution in [0.5, 0.6) is 0 Å². The molecule has 1 aromatic carbocycles. The average Bonchev–Trinajstić information content (AvgIpc) is 2.80. The van der Waals surface area contributed by atoms with Crippen LogP contribution < -0.4 is 5.32 Å². The van der Waals surface area contributed by atoms with Crippen LogP contribution >= 0.6 is 11.3 Å². The van der Waals surface area contributed by atoms with E-state index in [2.05, 4.69) is 50.4 Å². The summed E-state index contributed by atoms with van der Waals surface area (Å²) in [6.45, 7) is 7.83. The number of hydrogen-bond acceptors (Lipinski definition) is 4. The molecular weight excluding hydrogens is 268 g/mol. The first-order valence-corrected chi connectivity index (χ1v) is 7.59. The third-order valence-corrected chi connectivity index (χ3v) is 3.95. The highest BCUT2D eigenvalue weighted by atomic mass is 32.1. The van der Waals surface area contributed by atoms with Crippen molar-refractivity contribution in [2.24, 2.45) is 0 Å². The summed E-state index contributed by atoms with van der Waals surface area (Å²) < 4.78 is 5.21. The second-order valence-electron chi connectivity index (χ2n) is 5.79. The van der Waals surface area contributed by atoms with Gasteiger partial charge < -0.3 is 10.1 Å². The molecule has 1 N–H and O–H groups in total. The quantitative estimate of drug-likeness (QED) is 0.908. The Bertz CT molecular complexity index is 543. The van der Waals surface area contributed by atoms with Crippen molar-refractivity contribution in [3.63, 3.8) is 0 Å². The van der Waals surface area contributed by atoms with Gasteiger partial charge >= 0.3 is 0 Å². The Morgan fingerprint density at radius 3 is 2.50 bits per heavy atom. The molecular formula is C16H22N2OS. The molecule has 0 aliphatic carbocycles. The number of rotatable bonds is 5. The van der Waals surface area contributed by atoms with Gasteiger partial charge in [-0.25, -0.2) is 4.98 Å². The normalized spacial score (nSPS) is 11.8. The fourth-order valence-electron chi connectivity index (χ4n) is 1.87. The molecule has 1 heterocycles. The second kappa shape index (κ2) is 6.48. The number of aromatic nitrogens is 1. The van der Waals surface area contributed by atoms with E-state index in [0.29, 0.717) is 6.61 Å². The van der Waals surface area contributed by atoms with E-state index in [-0.39, 0.29) is 5.54 Å². The third kappa shape index (κ3) is 4.13. The molecule has 2 rings (SSSR count). The molecule has 108 valence electrons. The molecule has 0 unspecified atom stereocenters. The Morgan fingerprint density at radius 1 is 1.20 bits per heavy atom. The summed E-state index contributed by atoms with van der Waals surface area (Å²) in [6.07, 6.45) is 0. The number of nitrogens with zero attached hydrogens (tertiary/aromatic N) is 1. The van der Waals surface area contributed by atoms with Gasteiger partial charge in [0.05, 0.1) is 17.2 Å². The molecule has 20 heavy (non-hydrogen) atoms. The van der Waals surface area contributed by atoms with E-state index < -0.39 is 0 Å². The van der Waals surface area contributed by atoms with Gasteiger partial charge in [0.15, 0.2) is 0 Å². The molecule has 0 saturated heterocycles. The minimum Gasteiger partial charge on any atom is -0.378 e. The van der Waals surface area contributed by atoms with E-state index in [1.807, 2.05) is 6.07 Å². The van der Waals surface area contributed by atoms with Gasteiger partial charge in [0.2, 0.25) is 0 Å². The van der Waals surface area contributed by atoms with E-state index in [1.165, 1.54) is 10.4 Å². The topological polar surface area (TPSA) is 34.1 Å². The van der Waals surface area contributed by atoms with Crippen LogP contribution in [0, 0.1) is 0 Å². The number of ether oxygens (including phenoxy) is 1. The van der Waals surface area contributed by atoms with Crippen LogP contribution in [0.1, 0.15) is 31.5 Å². The average molecular weight is 290 g/mol. The molecule has 0 saturated carbocycles. The standard InChI is InChI=1S/C16H22N2OS/c1-16(2,3)17-10-13-15(12-8-6-5-7-9-12)20-14(18-13)11-19-4/h5-9,17H,10-11H2,1-4H3. The zero-order valence-electron chi connectivity index (χ0n) is 12.6. The molecule has 0 amide bonds. The van der Waals surface area contributed by atoms with Crippen molar-refractivity contribution in [2.45, 2.75) is 39.5 Å². The molecule has 0 aliphatic rings. The van der Waals surface area contributed by atoms with Crippen LogP contribution in [0.2, 0.25) is 0 Å². The Kier molecular flexibility index (Phi) is 4.91. The van der Waals surface area contributed by atoms with Crippen LogP contribution in [0.3, 0.4) is 0 Å². The lowest BCUT2D eigenvalue weighted by Gasteiger charge is -2.20. The Morgan fingerprint density at radius 2 is 1.90 bits per heavy atom. The number of thiazole rings is 1. The van der Waals surface area contributed by atoms with E-state index in [1.54, 1.807) is 18.4 Å². The molecule has 0 spiro atoms. The first-order valence-electron chi connectivity index (χ1n) is 6.77. The molecule has 2 aromatic rings. The Labute approximate surface area is 125 Å². The van der Waals surface area contributed by atoms with Crippen molar-refractivity contribution in [3.05, 3.63) is 41.0 Å². The van der Waals surface area contributed by atoms with Crippen LogP contribution in [-0.4, -0.2) is 17.6 Å². The molecule has 0 fully saturated rings. The summed E-state index contributed by atoms with van der Waals surface area (Å²) in [6, 6.07) is 10.4. The molecule has 4 heteroatoms. The zero-order chi connectivity index (χ0) is 14.6. The number of benzene rings is 1. The predicted octanol–water partition coefficient (Wildman–Crippen LogP) is 3.84. The minimum atomic E-state index is 0.0823. The van der Waals surface area contributed by atoms with Crippen molar-refractivity contribution in [3.8, 4) is 10.4 Å². The summed E-state index contributed by atoms with van der Waals surface area (Å²) in [5, 5.41) is 4.53. The number of hydrogen-bond donors (Lipinski definition) is 1. The summed E-state index contributed by atoms with van der Waals surface area (Å²) in [5.41, 5.74) is 2.40. The smallest absolute Gasteiger partial charge is 0.119 e. The maximum atomic E-state index is 5.21. The molecule has 0 atom stereocenters. The van der Waals surface area contributed by atoms with Gasteiger partial charge in [-0.2, -0.15) is 0 Å². The van der Waals surface area contributed by atoms with Crippen LogP contribution in [0.4, 0.5) is 0 Å². The molecule has 1 aromatic heterocycles. The molecule has 3 nitrogen and oxygen atoms in total. The molecule has 0 bridgehead atoms. The first kappa shape index (κ1) is 15.2. The predicted molar refractivity (Wildman–Crippen MR) is 84.9 cm³/mol. The van der Waals surface area contributed by atoms with E-state index in [9.17, 15) is 0 Å². The molecule has 0 aliphatic heterocycles. The molecule has 0 radical (unpaired) electrons. The lowest BCUT2D eigenvalue weighted by atomic mass is 10.1. The first-order chi connectivity index (χ1) is 9.49. The summed E-state index contributed by atoms with van der Waals surface area (Å²) >= 11 is 1.71. The van der Waals surface area contributed by atoms with Crippen LogP contribution in [0.25, 0.3) is 10.4 Å². The van der Waals surface area contributed by atoms with Gasteiger partial charge in [-0.3, -0.25) is 0 Å². The zero-order valence-corrected chi connectivity index (χ0v) is 13.4. The number of methoxy groups -OCH3 is 1. The number of nitrogens with one attached hydrogen (secondary N) is 1. The second-order valence-corrected chi connectivity index (χ2v) is 6.87. The van der Waals surface area contributed by atoms with Gasteiger partial charge in [0.25, 0.3) is 0 Å². The lowest BCUT2D eigenvalue weighted by Crippen LogP contribution is -2.35. The Balaban J connectivity index is 2.29. The van der Waals surface area contributed by atoms with Crippen molar-refractivity contribution in [2.75, 3.05) is 7.11 Å². The van der Waals surface area contributed by atoms with Gasteiger partial charge in [-0.1, -0.05) is 30.3 Å². The largest absolute Gasteiger partial charge is 0.378 e. The van der Waals surface area contributed by atoms with Gasteiger partial charge in [0, 0.05) is 19.2 Å². The SMILES string of the molecule is COCc1nc(CNC(C)(C)C)c(-c2ccccc2)s1. The lowest BCUT2D eigenvalue weighted by molar-refractivity contribution is 0.184. The van der Waals surface area contributed by atoms with Crippen LogP contribution in [0.15, 0.2) is 30.3 Å². The summed E-state index contributed by atoms with van der Waals surface area (Å²) in [5.74, 6) is 0. The highest BCUT2D eigenvalue weighted by molar-refractivity contribution is 7.15. The van der Waals surface area contributed by atoms with Gasteiger partial charge in [0.1, 0.15) is 5.01 Å². The van der Waals surface area contributed by atoms with E-state index >= 15 is 0 Å². The van der Waals surface area contributed by atoms with Crippen molar-refractivity contribution in [1.29, 1.82) is 0 Å². The minimum absolute atomic E-state index is 0.0823.